The first-order chi connectivity index (χ1) is 6.62. The summed E-state index contributed by atoms with van der Waals surface area (Å²) in [5.74, 6) is -0.00185. The lowest BCUT2D eigenvalue weighted by atomic mass is 9.99. The maximum Gasteiger partial charge on any atom is 0.233 e. The largest absolute Gasteiger partial charge is 0.330 e. The number of anilines is 1. The molecule has 1 aromatic rings. The molecule has 14 heavy (non-hydrogen) atoms. The number of hydrogen-bond donors (Lipinski definition) is 2. The summed E-state index contributed by atoms with van der Waals surface area (Å²) in [4.78, 5) is 0. The molecule has 0 aliphatic carbocycles. The molecule has 1 unspecified atom stereocenters. The fraction of sp³-hybridized carbons (Fsp3) is 0.333. The van der Waals surface area contributed by atoms with Gasteiger partial charge in [0.2, 0.25) is 10.0 Å². The Morgan fingerprint density at radius 2 is 2.14 bits per heavy atom. The molecule has 0 saturated carbocycles. The van der Waals surface area contributed by atoms with E-state index in [0.717, 1.165) is 5.56 Å². The topological polar surface area (TPSA) is 72.2 Å². The standard InChI is InChI=1S/C9H12N2O2S/c10-5-7-6-14(12,13)11-9-4-2-1-3-8(7)9/h1-4,7,11H,5-6,10H2. The molecule has 0 radical (unpaired) electrons. The lowest BCUT2D eigenvalue weighted by molar-refractivity contribution is 0.590. The number of para-hydroxylation sites is 1. The minimum absolute atomic E-state index is 0.0838. The van der Waals surface area contributed by atoms with Crippen LogP contribution >= 0.6 is 0 Å². The van der Waals surface area contributed by atoms with Crippen molar-refractivity contribution in [2.75, 3.05) is 17.0 Å². The Balaban J connectivity index is 2.51. The van der Waals surface area contributed by atoms with Crippen LogP contribution in [0.15, 0.2) is 24.3 Å². The third-order valence-corrected chi connectivity index (χ3v) is 3.74. The molecular formula is C9H12N2O2S. The molecule has 0 amide bonds. The highest BCUT2D eigenvalue weighted by Crippen LogP contribution is 2.30. The normalized spacial score (nSPS) is 23.6. The highest BCUT2D eigenvalue weighted by molar-refractivity contribution is 7.92. The summed E-state index contributed by atoms with van der Waals surface area (Å²) in [6.07, 6.45) is 0. The van der Waals surface area contributed by atoms with Crippen LogP contribution in [0.2, 0.25) is 0 Å². The summed E-state index contributed by atoms with van der Waals surface area (Å²) >= 11 is 0. The lowest BCUT2D eigenvalue weighted by Crippen LogP contribution is -2.31. The maximum absolute atomic E-state index is 11.4. The number of sulfonamides is 1. The van der Waals surface area contributed by atoms with Crippen molar-refractivity contribution in [3.63, 3.8) is 0 Å². The van der Waals surface area contributed by atoms with Crippen molar-refractivity contribution in [2.45, 2.75) is 5.92 Å². The Hall–Kier alpha value is -1.07. The zero-order valence-corrected chi connectivity index (χ0v) is 8.42. The van der Waals surface area contributed by atoms with E-state index in [9.17, 15) is 8.42 Å². The second-order valence-corrected chi connectivity index (χ2v) is 5.17. The smallest absolute Gasteiger partial charge is 0.233 e. The summed E-state index contributed by atoms with van der Waals surface area (Å²) < 4.78 is 25.3. The van der Waals surface area contributed by atoms with Gasteiger partial charge in [0.05, 0.1) is 11.4 Å². The molecule has 4 nitrogen and oxygen atoms in total. The van der Waals surface area contributed by atoms with Gasteiger partial charge in [-0.1, -0.05) is 18.2 Å². The molecule has 0 aromatic heterocycles. The van der Waals surface area contributed by atoms with Crippen LogP contribution < -0.4 is 10.5 Å². The predicted molar refractivity (Wildman–Crippen MR) is 55.6 cm³/mol. The van der Waals surface area contributed by atoms with Crippen molar-refractivity contribution >= 4 is 15.7 Å². The monoisotopic (exact) mass is 212 g/mol. The third-order valence-electron chi connectivity index (χ3n) is 2.37. The van der Waals surface area contributed by atoms with Gasteiger partial charge in [-0.3, -0.25) is 4.72 Å². The summed E-state index contributed by atoms with van der Waals surface area (Å²) in [5, 5.41) is 0. The van der Waals surface area contributed by atoms with Gasteiger partial charge in [0.1, 0.15) is 0 Å². The summed E-state index contributed by atoms with van der Waals surface area (Å²) in [6.45, 7) is 0.359. The van der Waals surface area contributed by atoms with Crippen LogP contribution in [0.1, 0.15) is 11.5 Å². The van der Waals surface area contributed by atoms with Crippen LogP contribution in [-0.2, 0) is 10.0 Å². The number of rotatable bonds is 1. The van der Waals surface area contributed by atoms with Crippen LogP contribution in [0.4, 0.5) is 5.69 Å². The van der Waals surface area contributed by atoms with E-state index >= 15 is 0 Å². The Labute approximate surface area is 83.2 Å². The molecule has 2 rings (SSSR count). The van der Waals surface area contributed by atoms with Gasteiger partial charge in [-0.25, -0.2) is 8.42 Å². The Kier molecular flexibility index (Phi) is 2.20. The summed E-state index contributed by atoms with van der Waals surface area (Å²) in [6, 6.07) is 7.37. The minimum Gasteiger partial charge on any atom is -0.330 e. The van der Waals surface area contributed by atoms with Crippen LogP contribution in [0, 0.1) is 0 Å². The Morgan fingerprint density at radius 3 is 2.86 bits per heavy atom. The van der Waals surface area contributed by atoms with Gasteiger partial charge in [-0.2, -0.15) is 0 Å². The van der Waals surface area contributed by atoms with E-state index in [1.807, 2.05) is 12.1 Å². The molecule has 3 N–H and O–H groups in total. The van der Waals surface area contributed by atoms with Gasteiger partial charge in [0.15, 0.2) is 0 Å². The van der Waals surface area contributed by atoms with E-state index < -0.39 is 10.0 Å². The van der Waals surface area contributed by atoms with E-state index in [0.29, 0.717) is 12.2 Å². The van der Waals surface area contributed by atoms with E-state index in [4.69, 9.17) is 5.73 Å². The molecule has 0 saturated heterocycles. The molecule has 1 atom stereocenters. The van der Waals surface area contributed by atoms with Crippen LogP contribution in [0.25, 0.3) is 0 Å². The van der Waals surface area contributed by atoms with Gasteiger partial charge in [0.25, 0.3) is 0 Å². The second kappa shape index (κ2) is 3.25. The molecule has 5 heteroatoms. The molecule has 0 spiro atoms. The Morgan fingerprint density at radius 1 is 1.43 bits per heavy atom. The number of nitrogens with two attached hydrogens (primary N) is 1. The molecule has 1 aliphatic rings. The van der Waals surface area contributed by atoms with Crippen LogP contribution in [0.5, 0.6) is 0 Å². The second-order valence-electron chi connectivity index (χ2n) is 3.40. The first-order valence-corrected chi connectivity index (χ1v) is 6.07. The first-order valence-electron chi connectivity index (χ1n) is 4.42. The van der Waals surface area contributed by atoms with Crippen molar-refractivity contribution in [3.05, 3.63) is 29.8 Å². The zero-order valence-electron chi connectivity index (χ0n) is 7.60. The average molecular weight is 212 g/mol. The van der Waals surface area contributed by atoms with Crippen molar-refractivity contribution < 1.29 is 8.42 Å². The van der Waals surface area contributed by atoms with Crippen molar-refractivity contribution in [1.29, 1.82) is 0 Å². The minimum atomic E-state index is -3.19. The molecule has 76 valence electrons. The van der Waals surface area contributed by atoms with E-state index in [2.05, 4.69) is 4.72 Å². The van der Waals surface area contributed by atoms with Gasteiger partial charge in [-0.15, -0.1) is 0 Å². The van der Waals surface area contributed by atoms with Crippen molar-refractivity contribution in [1.82, 2.24) is 0 Å². The number of hydrogen-bond acceptors (Lipinski definition) is 3. The highest BCUT2D eigenvalue weighted by atomic mass is 32.2. The molecular weight excluding hydrogens is 200 g/mol. The fourth-order valence-corrected chi connectivity index (χ4v) is 3.15. The lowest BCUT2D eigenvalue weighted by Gasteiger charge is -2.25. The van der Waals surface area contributed by atoms with Crippen molar-refractivity contribution in [2.24, 2.45) is 5.73 Å². The summed E-state index contributed by atoms with van der Waals surface area (Å²) in [7, 11) is -3.19. The summed E-state index contributed by atoms with van der Waals surface area (Å²) in [5.41, 5.74) is 7.20. The molecule has 0 bridgehead atoms. The SMILES string of the molecule is NCC1CS(=O)(=O)Nc2ccccc21. The number of benzene rings is 1. The van der Waals surface area contributed by atoms with Gasteiger partial charge >= 0.3 is 0 Å². The molecule has 1 heterocycles. The quantitative estimate of drug-likeness (QED) is 0.711. The average Bonchev–Trinajstić information content (AvgIpc) is 2.15. The van der Waals surface area contributed by atoms with Crippen LogP contribution in [-0.4, -0.2) is 20.7 Å². The van der Waals surface area contributed by atoms with Gasteiger partial charge in [-0.05, 0) is 11.6 Å². The molecule has 1 aromatic carbocycles. The third kappa shape index (κ3) is 1.60. The predicted octanol–water partition coefficient (Wildman–Crippen LogP) is 0.484. The van der Waals surface area contributed by atoms with Gasteiger partial charge < -0.3 is 5.73 Å². The highest BCUT2D eigenvalue weighted by Gasteiger charge is 2.27. The van der Waals surface area contributed by atoms with E-state index in [1.54, 1.807) is 12.1 Å². The van der Waals surface area contributed by atoms with Gasteiger partial charge in [0, 0.05) is 12.5 Å². The fourth-order valence-electron chi connectivity index (χ4n) is 1.70. The van der Waals surface area contributed by atoms with Crippen LogP contribution in [0.3, 0.4) is 0 Å². The number of fused-ring (bicyclic) bond motifs is 1. The van der Waals surface area contributed by atoms with Crippen molar-refractivity contribution in [3.8, 4) is 0 Å². The van der Waals surface area contributed by atoms with E-state index in [-0.39, 0.29) is 11.7 Å². The Bertz CT molecular complexity index is 442. The zero-order chi connectivity index (χ0) is 10.2. The molecule has 0 fully saturated rings. The number of nitrogens with one attached hydrogen (secondary N) is 1. The maximum atomic E-state index is 11.4. The van der Waals surface area contributed by atoms with E-state index in [1.165, 1.54) is 0 Å². The first kappa shape index (κ1) is 9.48. The molecule has 1 aliphatic heterocycles.